The van der Waals surface area contributed by atoms with Crippen LogP contribution in [0, 0.1) is 11.5 Å². The van der Waals surface area contributed by atoms with Gasteiger partial charge in [0.1, 0.15) is 18.5 Å². The third-order valence-electron chi connectivity index (χ3n) is 3.82. The van der Waals surface area contributed by atoms with E-state index in [0.717, 1.165) is 0 Å². The quantitative estimate of drug-likeness (QED) is 0.558. The van der Waals surface area contributed by atoms with E-state index in [-0.39, 0.29) is 11.9 Å². The van der Waals surface area contributed by atoms with E-state index in [9.17, 15) is 9.59 Å². The van der Waals surface area contributed by atoms with Crippen LogP contribution in [0.15, 0.2) is 18.5 Å². The normalized spacial score (nSPS) is 19.6. The maximum atomic E-state index is 11.8. The molecule has 3 rings (SSSR count). The molecule has 1 saturated heterocycles. The van der Waals surface area contributed by atoms with Gasteiger partial charge in [-0.2, -0.15) is 10.4 Å². The summed E-state index contributed by atoms with van der Waals surface area (Å²) < 4.78 is 26.6. The molecule has 1 fully saturated rings. The van der Waals surface area contributed by atoms with Crippen LogP contribution < -0.4 is 5.73 Å². The number of hydrogen-bond acceptors (Lipinski definition) is 11. The highest BCUT2D eigenvalue weighted by atomic mass is 16.8. The highest BCUT2D eigenvalue weighted by molar-refractivity contribution is 5.67. The molecule has 1 aliphatic rings. The molecule has 12 nitrogen and oxygen atoms in total. The first-order chi connectivity index (χ1) is 13.4. The maximum Gasteiger partial charge on any atom is 0.509 e. The number of nitrogens with zero attached hydrogens (tertiary/aromatic N) is 4. The highest BCUT2D eigenvalue weighted by Crippen LogP contribution is 2.34. The minimum Gasteiger partial charge on any atom is -0.432 e. The number of anilines is 1. The lowest BCUT2D eigenvalue weighted by atomic mass is 10.1. The molecule has 0 unspecified atom stereocenters. The molecular weight excluding hydrogens is 374 g/mol. The number of nitrogen functional groups attached to an aromatic ring is 1. The lowest BCUT2D eigenvalue weighted by molar-refractivity contribution is -0.0433. The predicted molar refractivity (Wildman–Crippen MR) is 89.5 cm³/mol. The van der Waals surface area contributed by atoms with Gasteiger partial charge in [-0.05, 0) is 26.0 Å². The Hall–Kier alpha value is -3.75. The van der Waals surface area contributed by atoms with Crippen molar-refractivity contribution in [3.8, 4) is 6.26 Å². The second-order valence-corrected chi connectivity index (χ2v) is 6.05. The molecule has 2 aromatic heterocycles. The topological polar surface area (TPSA) is 160 Å². The Balaban J connectivity index is 1.84. The van der Waals surface area contributed by atoms with Gasteiger partial charge in [0, 0.05) is 0 Å². The third kappa shape index (κ3) is 3.83. The van der Waals surface area contributed by atoms with Crippen LogP contribution >= 0.6 is 0 Å². The lowest BCUT2D eigenvalue weighted by Crippen LogP contribution is -2.37. The number of carbonyl (C=O) groups is 2. The molecule has 0 radical (unpaired) electrons. The molecule has 0 aliphatic carbocycles. The second kappa shape index (κ2) is 7.87. The van der Waals surface area contributed by atoms with Crippen molar-refractivity contribution in [2.45, 2.75) is 38.3 Å². The van der Waals surface area contributed by atoms with E-state index in [1.54, 1.807) is 26.0 Å². The van der Waals surface area contributed by atoms with Gasteiger partial charge in [-0.3, -0.25) is 0 Å². The number of cyclic esters (lactones) is 2. The van der Waals surface area contributed by atoms with E-state index in [2.05, 4.69) is 10.1 Å². The van der Waals surface area contributed by atoms with Crippen LogP contribution in [-0.4, -0.2) is 51.8 Å². The minimum absolute atomic E-state index is 0.229. The first kappa shape index (κ1) is 19.0. The fourth-order valence-corrected chi connectivity index (χ4v) is 2.70. The fourth-order valence-electron chi connectivity index (χ4n) is 2.70. The minimum atomic E-state index is -1.13. The molecule has 3 atom stereocenters. The molecule has 148 valence electrons. The number of ether oxygens (including phenoxy) is 5. The van der Waals surface area contributed by atoms with Crippen molar-refractivity contribution in [1.82, 2.24) is 14.6 Å². The van der Waals surface area contributed by atoms with Gasteiger partial charge < -0.3 is 29.4 Å². The smallest absolute Gasteiger partial charge is 0.432 e. The molecule has 2 N–H and O–H groups in total. The van der Waals surface area contributed by atoms with Crippen LogP contribution in [0.1, 0.15) is 25.6 Å². The van der Waals surface area contributed by atoms with Gasteiger partial charge in [-0.15, -0.1) is 0 Å². The molecule has 1 aliphatic heterocycles. The number of rotatable bonds is 6. The molecule has 0 saturated carbocycles. The highest BCUT2D eigenvalue weighted by Gasteiger charge is 2.46. The fraction of sp³-hybridized carbons (Fsp3) is 0.438. The number of hydrogen-bond donors (Lipinski definition) is 1. The third-order valence-corrected chi connectivity index (χ3v) is 3.82. The van der Waals surface area contributed by atoms with Gasteiger partial charge in [0.05, 0.1) is 11.8 Å². The average Bonchev–Trinajstić information content (AvgIpc) is 3.22. The van der Waals surface area contributed by atoms with Crippen molar-refractivity contribution in [2.75, 3.05) is 12.3 Å². The monoisotopic (exact) mass is 391 g/mol. The molecular formula is C16H17N5O7. The number of carbonyl (C=O) groups excluding carboxylic acids is 2. The zero-order valence-electron chi connectivity index (χ0n) is 15.0. The zero-order chi connectivity index (χ0) is 20.3. The number of aromatic nitrogens is 3. The molecule has 2 aromatic rings. The van der Waals surface area contributed by atoms with E-state index in [0.29, 0.717) is 11.2 Å². The van der Waals surface area contributed by atoms with Crippen molar-refractivity contribution in [1.29, 1.82) is 5.26 Å². The maximum absolute atomic E-state index is 11.8. The van der Waals surface area contributed by atoms with Crippen LogP contribution in [0.3, 0.4) is 0 Å². The summed E-state index contributed by atoms with van der Waals surface area (Å²) in [5.41, 5.74) is 6.72. The summed E-state index contributed by atoms with van der Waals surface area (Å²) in [5, 5.41) is 13.0. The van der Waals surface area contributed by atoms with Gasteiger partial charge in [-0.25, -0.2) is 19.1 Å². The largest absolute Gasteiger partial charge is 0.509 e. The van der Waals surface area contributed by atoms with Crippen molar-refractivity contribution in [2.24, 2.45) is 0 Å². The Morgan fingerprint density at radius 3 is 2.93 bits per heavy atom. The van der Waals surface area contributed by atoms with Crippen LogP contribution in [-0.2, 0) is 23.7 Å². The zero-order valence-corrected chi connectivity index (χ0v) is 15.0. The summed E-state index contributed by atoms with van der Waals surface area (Å²) in [6.07, 6.45) is -2.77. The summed E-state index contributed by atoms with van der Waals surface area (Å²) in [5.74, 6) is 0.229. The lowest BCUT2D eigenvalue weighted by Gasteiger charge is -2.22. The van der Waals surface area contributed by atoms with Gasteiger partial charge in [0.2, 0.25) is 0 Å². The summed E-state index contributed by atoms with van der Waals surface area (Å²) in [6, 6.07) is 3.27. The Kier molecular flexibility index (Phi) is 5.35. The molecule has 0 bridgehead atoms. The molecule has 0 spiro atoms. The second-order valence-electron chi connectivity index (χ2n) is 6.05. The Morgan fingerprint density at radius 2 is 2.21 bits per heavy atom. The first-order valence-corrected chi connectivity index (χ1v) is 8.24. The SMILES string of the molecule is CC(C)OC(=O)OC[C@@H](OC#N)[C@H]1OC(=O)O[C@H]1c1ccc2c(N)ncnn12. The van der Waals surface area contributed by atoms with Crippen molar-refractivity contribution in [3.05, 3.63) is 24.2 Å². The predicted octanol–water partition coefficient (Wildman–Crippen LogP) is 1.32. The Morgan fingerprint density at radius 1 is 1.43 bits per heavy atom. The van der Waals surface area contributed by atoms with E-state index < -0.39 is 37.2 Å². The molecule has 28 heavy (non-hydrogen) atoms. The van der Waals surface area contributed by atoms with Gasteiger partial charge in [-0.1, -0.05) is 0 Å². The number of nitriles is 1. The molecule has 3 heterocycles. The summed E-state index contributed by atoms with van der Waals surface area (Å²) in [6.45, 7) is 2.90. The summed E-state index contributed by atoms with van der Waals surface area (Å²) in [4.78, 5) is 27.3. The summed E-state index contributed by atoms with van der Waals surface area (Å²) >= 11 is 0. The number of fused-ring (bicyclic) bond motifs is 1. The van der Waals surface area contributed by atoms with Crippen LogP contribution in [0.4, 0.5) is 15.4 Å². The van der Waals surface area contributed by atoms with E-state index >= 15 is 0 Å². The van der Waals surface area contributed by atoms with Gasteiger partial charge in [0.15, 0.2) is 24.1 Å². The van der Waals surface area contributed by atoms with Crippen molar-refractivity contribution < 1.29 is 33.3 Å². The van der Waals surface area contributed by atoms with Crippen molar-refractivity contribution in [3.63, 3.8) is 0 Å². The van der Waals surface area contributed by atoms with Crippen LogP contribution in [0.2, 0.25) is 0 Å². The Bertz CT molecular complexity index is 922. The molecule has 0 amide bonds. The average molecular weight is 391 g/mol. The summed E-state index contributed by atoms with van der Waals surface area (Å²) in [7, 11) is 0. The van der Waals surface area contributed by atoms with Crippen molar-refractivity contribution >= 4 is 23.6 Å². The van der Waals surface area contributed by atoms with E-state index in [4.69, 9.17) is 34.7 Å². The molecule has 0 aromatic carbocycles. The van der Waals surface area contributed by atoms with E-state index in [1.807, 2.05) is 0 Å². The van der Waals surface area contributed by atoms with Gasteiger partial charge >= 0.3 is 12.3 Å². The number of nitrogens with two attached hydrogens (primary N) is 1. The van der Waals surface area contributed by atoms with Crippen LogP contribution in [0.25, 0.3) is 5.52 Å². The first-order valence-electron chi connectivity index (χ1n) is 8.24. The molecule has 12 heteroatoms. The van der Waals surface area contributed by atoms with E-state index in [1.165, 1.54) is 17.1 Å². The van der Waals surface area contributed by atoms with Crippen LogP contribution in [0.5, 0.6) is 0 Å². The standard InChI is InChI=1S/C16H17N5O7/c1-8(2)26-15(22)24-5-11(25-6-17)13-12(27-16(23)28-13)9-3-4-10-14(18)19-7-20-21(9)10/h3-4,7-8,11-13H,5H2,1-2H3,(H2,18,19,20)/t11-,12+,13-/m1/s1. The van der Waals surface area contributed by atoms with Gasteiger partial charge in [0.25, 0.3) is 6.26 Å². The Labute approximate surface area is 158 Å².